The minimum Gasteiger partial charge on any atom is -0.308 e. The van der Waals surface area contributed by atoms with Gasteiger partial charge < -0.3 is 4.40 Å². The fourth-order valence-electron chi connectivity index (χ4n) is 5.25. The summed E-state index contributed by atoms with van der Waals surface area (Å²) in [6.45, 7) is 8.67. The van der Waals surface area contributed by atoms with Gasteiger partial charge in [0.15, 0.2) is 0 Å². The van der Waals surface area contributed by atoms with Crippen LogP contribution in [0.4, 0.5) is 0 Å². The Hall–Kier alpha value is -3.64. The van der Waals surface area contributed by atoms with E-state index in [0.717, 1.165) is 38.3 Å². The predicted molar refractivity (Wildman–Crippen MR) is 120 cm³/mol. The molecule has 3 nitrogen and oxygen atoms in total. The zero-order chi connectivity index (χ0) is 20.0. The highest BCUT2D eigenvalue weighted by atomic mass is 14.9. The Balaban J connectivity index is 2.18. The van der Waals surface area contributed by atoms with Crippen LogP contribution in [0.15, 0.2) is 42.6 Å². The number of benzene rings is 3. The normalized spacial score (nSPS) is 12.1. The Kier molecular flexibility index (Phi) is 2.95. The van der Waals surface area contributed by atoms with Crippen molar-refractivity contribution in [3.05, 3.63) is 70.4 Å². The number of nitriles is 1. The summed E-state index contributed by atoms with van der Waals surface area (Å²) in [7, 11) is 0. The molecule has 0 radical (unpaired) electrons. The molecule has 3 aromatic heterocycles. The van der Waals surface area contributed by atoms with Gasteiger partial charge >= 0.3 is 0 Å². The van der Waals surface area contributed by atoms with Crippen molar-refractivity contribution in [1.82, 2.24) is 9.38 Å². The largest absolute Gasteiger partial charge is 0.308 e. The molecule has 3 heterocycles. The first kappa shape index (κ1) is 16.3. The van der Waals surface area contributed by atoms with Crippen molar-refractivity contribution in [2.24, 2.45) is 0 Å². The van der Waals surface area contributed by atoms with Gasteiger partial charge in [-0.15, -0.1) is 0 Å². The molecule has 0 bridgehead atoms. The van der Waals surface area contributed by atoms with E-state index in [1.165, 1.54) is 38.5 Å². The van der Waals surface area contributed by atoms with Gasteiger partial charge in [0.25, 0.3) is 0 Å². The number of nitrogens with zero attached hydrogens (tertiary/aromatic N) is 3. The first-order valence-electron chi connectivity index (χ1n) is 9.90. The molecule has 29 heavy (non-hydrogen) atoms. The van der Waals surface area contributed by atoms with E-state index >= 15 is 0 Å². The molecule has 0 unspecified atom stereocenters. The summed E-state index contributed by atoms with van der Waals surface area (Å²) in [6.07, 6.45) is 1.87. The average Bonchev–Trinajstić information content (AvgIpc) is 3.07. The molecule has 0 saturated carbocycles. The summed E-state index contributed by atoms with van der Waals surface area (Å²) in [5, 5.41) is 15.7. The molecule has 0 atom stereocenters. The quantitative estimate of drug-likeness (QED) is 0.225. The van der Waals surface area contributed by atoms with Gasteiger partial charge in [0.1, 0.15) is 0 Å². The maximum absolute atomic E-state index is 10.00. The number of hydrogen-bond acceptors (Lipinski definition) is 2. The molecular weight excluding hydrogens is 354 g/mol. The number of aryl methyl sites for hydroxylation is 4. The van der Waals surface area contributed by atoms with Gasteiger partial charge in [0.05, 0.1) is 33.7 Å². The maximum atomic E-state index is 10.00. The second-order valence-corrected chi connectivity index (χ2v) is 8.18. The van der Waals surface area contributed by atoms with Crippen molar-refractivity contribution in [3.63, 3.8) is 0 Å². The van der Waals surface area contributed by atoms with Crippen LogP contribution in [0.25, 0.3) is 49.0 Å². The van der Waals surface area contributed by atoms with E-state index in [1.54, 1.807) is 0 Å². The lowest BCUT2D eigenvalue weighted by atomic mass is 9.94. The van der Waals surface area contributed by atoms with Gasteiger partial charge in [-0.05, 0) is 73.5 Å². The van der Waals surface area contributed by atoms with Gasteiger partial charge in [-0.1, -0.05) is 18.2 Å². The predicted octanol–water partition coefficient (Wildman–Crippen LogP) is 6.49. The van der Waals surface area contributed by atoms with Gasteiger partial charge in [-0.25, -0.2) is 0 Å². The first-order chi connectivity index (χ1) is 14.0. The highest BCUT2D eigenvalue weighted by molar-refractivity contribution is 6.29. The molecule has 138 valence electrons. The Morgan fingerprint density at radius 2 is 1.66 bits per heavy atom. The van der Waals surface area contributed by atoms with E-state index < -0.39 is 0 Å². The van der Waals surface area contributed by atoms with E-state index in [1.807, 2.05) is 18.3 Å². The SMILES string of the molecule is Cc1cc(C)c2c(c1C)c1nccc3cc(C#N)c4c5c(C)cccc5n2c4c31. The maximum Gasteiger partial charge on any atom is 0.0999 e. The van der Waals surface area contributed by atoms with Crippen molar-refractivity contribution < 1.29 is 0 Å². The Bertz CT molecular complexity index is 1690. The molecule has 6 aromatic rings. The van der Waals surface area contributed by atoms with Gasteiger partial charge in [0.2, 0.25) is 0 Å². The fraction of sp³-hybridized carbons (Fsp3) is 0.154. The third-order valence-corrected chi connectivity index (χ3v) is 6.58. The Morgan fingerprint density at radius 3 is 2.45 bits per heavy atom. The third-order valence-electron chi connectivity index (χ3n) is 6.58. The standard InChI is InChI=1S/C26H19N3/c1-13-6-5-7-19-20(13)22-18(12-27)11-17-8-9-28-24-21-16(4)14(2)10-15(3)25(21)29(19)26(22)23(17)24/h5-11H,1-4H3. The summed E-state index contributed by atoms with van der Waals surface area (Å²) in [6, 6.07) is 15.2. The number of aromatic nitrogens is 2. The average molecular weight is 373 g/mol. The highest BCUT2D eigenvalue weighted by Gasteiger charge is 2.23. The molecule has 0 aliphatic heterocycles. The van der Waals surface area contributed by atoms with Crippen LogP contribution in [0, 0.1) is 39.0 Å². The first-order valence-corrected chi connectivity index (χ1v) is 9.90. The van der Waals surface area contributed by atoms with Gasteiger partial charge in [-0.2, -0.15) is 5.26 Å². The lowest BCUT2D eigenvalue weighted by Crippen LogP contribution is -1.99. The smallest absolute Gasteiger partial charge is 0.0999 e. The minimum absolute atomic E-state index is 0.729. The molecule has 0 fully saturated rings. The summed E-state index contributed by atoms with van der Waals surface area (Å²) < 4.78 is 2.38. The zero-order valence-corrected chi connectivity index (χ0v) is 16.9. The molecule has 0 N–H and O–H groups in total. The van der Waals surface area contributed by atoms with Crippen molar-refractivity contribution in [2.45, 2.75) is 27.7 Å². The molecule has 3 aromatic carbocycles. The fourth-order valence-corrected chi connectivity index (χ4v) is 5.25. The van der Waals surface area contributed by atoms with Crippen LogP contribution in [0.5, 0.6) is 0 Å². The summed E-state index contributed by atoms with van der Waals surface area (Å²) in [4.78, 5) is 4.86. The molecule has 0 aliphatic carbocycles. The molecule has 0 saturated heterocycles. The second kappa shape index (κ2) is 5.24. The lowest BCUT2D eigenvalue weighted by Gasteiger charge is -2.17. The van der Waals surface area contributed by atoms with Crippen molar-refractivity contribution in [1.29, 1.82) is 5.26 Å². The van der Waals surface area contributed by atoms with E-state index in [9.17, 15) is 5.26 Å². The third kappa shape index (κ3) is 1.80. The van der Waals surface area contributed by atoms with E-state index in [0.29, 0.717) is 0 Å². The molecule has 3 heteroatoms. The van der Waals surface area contributed by atoms with Crippen molar-refractivity contribution in [2.75, 3.05) is 0 Å². The lowest BCUT2D eigenvalue weighted by molar-refractivity contribution is 1.27. The van der Waals surface area contributed by atoms with E-state index in [-0.39, 0.29) is 0 Å². The second-order valence-electron chi connectivity index (χ2n) is 8.18. The summed E-state index contributed by atoms with van der Waals surface area (Å²) >= 11 is 0. The van der Waals surface area contributed by atoms with Crippen molar-refractivity contribution in [3.8, 4) is 6.07 Å². The molecule has 6 rings (SSSR count). The monoisotopic (exact) mass is 373 g/mol. The number of pyridine rings is 2. The van der Waals surface area contributed by atoms with E-state index in [4.69, 9.17) is 4.98 Å². The summed E-state index contributed by atoms with van der Waals surface area (Å²) in [5.41, 5.74) is 10.2. The van der Waals surface area contributed by atoms with Crippen LogP contribution in [0.1, 0.15) is 27.8 Å². The molecule has 0 spiro atoms. The van der Waals surface area contributed by atoms with Crippen LogP contribution in [-0.2, 0) is 0 Å². The number of rotatable bonds is 0. The van der Waals surface area contributed by atoms with E-state index in [2.05, 4.69) is 62.4 Å². The van der Waals surface area contributed by atoms with Gasteiger partial charge in [-0.3, -0.25) is 4.98 Å². The molecule has 0 aliphatic rings. The Labute approximate surface area is 168 Å². The van der Waals surface area contributed by atoms with Crippen LogP contribution in [-0.4, -0.2) is 9.38 Å². The van der Waals surface area contributed by atoms with Crippen LogP contribution in [0.2, 0.25) is 0 Å². The zero-order valence-electron chi connectivity index (χ0n) is 16.9. The van der Waals surface area contributed by atoms with Crippen molar-refractivity contribution >= 4 is 49.0 Å². The van der Waals surface area contributed by atoms with Crippen LogP contribution in [0.3, 0.4) is 0 Å². The van der Waals surface area contributed by atoms with Crippen LogP contribution < -0.4 is 0 Å². The number of fused-ring (bicyclic) bond motifs is 6. The van der Waals surface area contributed by atoms with Crippen LogP contribution >= 0.6 is 0 Å². The topological polar surface area (TPSA) is 41.1 Å². The summed E-state index contributed by atoms with van der Waals surface area (Å²) in [5.74, 6) is 0. The molecular formula is C26H19N3. The Morgan fingerprint density at radius 1 is 0.828 bits per heavy atom. The van der Waals surface area contributed by atoms with Gasteiger partial charge in [0, 0.05) is 27.7 Å². The molecule has 0 amide bonds. The highest BCUT2D eigenvalue weighted by Crippen LogP contribution is 2.44. The minimum atomic E-state index is 0.729. The number of hydrogen-bond donors (Lipinski definition) is 0.